The summed E-state index contributed by atoms with van der Waals surface area (Å²) in [5.41, 5.74) is 6.79. The number of aliphatic imine (C=N–C) groups is 2. The van der Waals surface area contributed by atoms with Crippen LogP contribution in [0.5, 0.6) is 0 Å². The van der Waals surface area contributed by atoms with Gasteiger partial charge < -0.3 is 5.32 Å². The second-order valence-electron chi connectivity index (χ2n) is 8.59. The van der Waals surface area contributed by atoms with Crippen molar-refractivity contribution in [2.75, 3.05) is 5.32 Å². The van der Waals surface area contributed by atoms with Crippen LogP contribution in [0.25, 0.3) is 0 Å². The number of allylic oxidation sites excluding steroid dienone is 5. The number of fused-ring (bicyclic) bond motifs is 3. The summed E-state index contributed by atoms with van der Waals surface area (Å²) in [5, 5.41) is 3.68. The minimum atomic E-state index is 0. The summed E-state index contributed by atoms with van der Waals surface area (Å²) in [4.78, 5) is 9.28. The lowest BCUT2D eigenvalue weighted by Gasteiger charge is -2.18. The molecular formula is C32H41N3. The first-order chi connectivity index (χ1) is 17.2. The molecule has 1 aliphatic heterocycles. The van der Waals surface area contributed by atoms with Crippen molar-refractivity contribution in [2.45, 2.75) is 53.5 Å². The van der Waals surface area contributed by atoms with Crippen LogP contribution in [0.3, 0.4) is 0 Å². The molecule has 5 rings (SSSR count). The van der Waals surface area contributed by atoms with Gasteiger partial charge in [-0.2, -0.15) is 0 Å². The Kier molecular flexibility index (Phi) is 9.60. The van der Waals surface area contributed by atoms with Gasteiger partial charge in [0.1, 0.15) is 0 Å². The zero-order valence-electron chi connectivity index (χ0n) is 21.9. The van der Waals surface area contributed by atoms with Crippen LogP contribution in [0.2, 0.25) is 0 Å². The molecule has 3 heteroatoms. The van der Waals surface area contributed by atoms with Crippen molar-refractivity contribution in [1.29, 1.82) is 0 Å². The summed E-state index contributed by atoms with van der Waals surface area (Å²) in [5.74, 6) is 1.47. The van der Waals surface area contributed by atoms with Crippen molar-refractivity contribution >= 4 is 23.8 Å². The molecular weight excluding hydrogens is 426 g/mol. The number of para-hydroxylation sites is 1. The predicted octanol–water partition coefficient (Wildman–Crippen LogP) is 8.91. The molecule has 0 spiro atoms. The van der Waals surface area contributed by atoms with Crippen LogP contribution >= 0.6 is 0 Å². The molecule has 4 unspecified atom stereocenters. The Balaban J connectivity index is 0.000000871. The predicted molar refractivity (Wildman–Crippen MR) is 156 cm³/mol. The summed E-state index contributed by atoms with van der Waals surface area (Å²) in [6, 6.07) is 16.9. The lowest BCUT2D eigenvalue weighted by Crippen LogP contribution is -2.19. The van der Waals surface area contributed by atoms with E-state index < -0.39 is 0 Å². The van der Waals surface area contributed by atoms with Crippen LogP contribution in [0.1, 0.15) is 60.0 Å². The molecule has 0 amide bonds. The number of hydrogen-bond acceptors (Lipinski definition) is 3. The van der Waals surface area contributed by atoms with Crippen LogP contribution in [-0.2, 0) is 0 Å². The highest BCUT2D eigenvalue weighted by molar-refractivity contribution is 5.87. The van der Waals surface area contributed by atoms with Gasteiger partial charge in [0.15, 0.2) is 0 Å². The molecule has 2 aromatic rings. The maximum atomic E-state index is 4.70. The molecule has 1 N–H and O–H groups in total. The van der Waals surface area contributed by atoms with Crippen LogP contribution in [0.15, 0.2) is 106 Å². The van der Waals surface area contributed by atoms with Gasteiger partial charge in [-0.3, -0.25) is 9.98 Å². The largest absolute Gasteiger partial charge is 0.378 e. The number of nitrogens with zero attached hydrogens (tertiary/aromatic N) is 2. The van der Waals surface area contributed by atoms with Crippen molar-refractivity contribution in [3.63, 3.8) is 0 Å². The monoisotopic (exact) mass is 467 g/mol. The first kappa shape index (κ1) is 26.2. The van der Waals surface area contributed by atoms with E-state index in [1.807, 2.05) is 70.5 Å². The fourth-order valence-electron chi connectivity index (χ4n) is 4.27. The minimum absolute atomic E-state index is 0. The highest BCUT2D eigenvalue weighted by Crippen LogP contribution is 2.40. The van der Waals surface area contributed by atoms with Gasteiger partial charge in [0.05, 0.1) is 17.4 Å². The van der Waals surface area contributed by atoms with Crippen LogP contribution in [0.4, 0.5) is 11.4 Å². The molecule has 0 radical (unpaired) electrons. The topological polar surface area (TPSA) is 36.8 Å². The molecule has 1 heterocycles. The summed E-state index contributed by atoms with van der Waals surface area (Å²) in [7, 11) is 0. The Morgan fingerprint density at radius 1 is 0.800 bits per heavy atom. The van der Waals surface area contributed by atoms with Gasteiger partial charge in [0.2, 0.25) is 0 Å². The van der Waals surface area contributed by atoms with Gasteiger partial charge in [0.25, 0.3) is 0 Å². The molecule has 2 aliphatic carbocycles. The second-order valence-corrected chi connectivity index (χ2v) is 8.59. The maximum Gasteiger partial charge on any atom is 0.0629 e. The third-order valence-electron chi connectivity index (χ3n) is 6.33. The highest BCUT2D eigenvalue weighted by atomic mass is 15.0. The third-order valence-corrected chi connectivity index (χ3v) is 6.33. The molecule has 35 heavy (non-hydrogen) atoms. The summed E-state index contributed by atoms with van der Waals surface area (Å²) < 4.78 is 0. The molecule has 0 bridgehead atoms. The number of hydrogen-bond donors (Lipinski definition) is 1. The Morgan fingerprint density at radius 3 is 2.31 bits per heavy atom. The number of anilines is 1. The molecule has 3 aliphatic rings. The fraction of sp³-hybridized carbons (Fsp3) is 0.312. The molecule has 0 saturated carbocycles. The normalized spacial score (nSPS) is 23.8. The summed E-state index contributed by atoms with van der Waals surface area (Å²) in [6.45, 7) is 12.5. The van der Waals surface area contributed by atoms with E-state index in [1.165, 1.54) is 11.3 Å². The SMILES string of the molecule is CC.CC.CC1C=CC(N=Cc2ccc3c(c2)NC2C=C(C=Nc4ccccc4)C=CC32)=CC1C.[HH]. The Bertz CT molecular complexity index is 1160. The summed E-state index contributed by atoms with van der Waals surface area (Å²) in [6.07, 6.45) is 17.2. The zero-order chi connectivity index (χ0) is 25.2. The molecule has 4 atom stereocenters. The van der Waals surface area contributed by atoms with Crippen LogP contribution in [0, 0.1) is 11.8 Å². The van der Waals surface area contributed by atoms with Crippen molar-refractivity contribution in [3.05, 3.63) is 107 Å². The highest BCUT2D eigenvalue weighted by Gasteiger charge is 2.30. The van der Waals surface area contributed by atoms with Gasteiger partial charge in [-0.1, -0.05) is 102 Å². The maximum absolute atomic E-state index is 4.70. The average molecular weight is 468 g/mol. The second kappa shape index (κ2) is 12.9. The van der Waals surface area contributed by atoms with Gasteiger partial charge in [-0.15, -0.1) is 0 Å². The minimum Gasteiger partial charge on any atom is -0.378 e. The van der Waals surface area contributed by atoms with Crippen LogP contribution in [-0.4, -0.2) is 18.5 Å². The van der Waals surface area contributed by atoms with Crippen molar-refractivity contribution < 1.29 is 1.43 Å². The lowest BCUT2D eigenvalue weighted by atomic mass is 9.89. The van der Waals surface area contributed by atoms with E-state index in [0.717, 1.165) is 22.5 Å². The van der Waals surface area contributed by atoms with Gasteiger partial charge in [-0.05, 0) is 52.8 Å². The van der Waals surface area contributed by atoms with E-state index in [1.54, 1.807) is 0 Å². The van der Waals surface area contributed by atoms with Crippen molar-refractivity contribution in [3.8, 4) is 0 Å². The van der Waals surface area contributed by atoms with E-state index in [0.29, 0.717) is 17.8 Å². The standard InChI is InChI=1S/C28H27N3.2C2H6.H2/c1-19-8-11-24(14-20(19)2)30-18-22-10-13-26-25-12-9-21(15-27(25)31-28(26)16-22)17-29-23-6-4-3-5-7-23;2*1-2;/h3-20,25,27,31H,1-2H3;2*1-2H3;1H. The Morgan fingerprint density at radius 2 is 1.57 bits per heavy atom. The first-order valence-electron chi connectivity index (χ1n) is 13.0. The van der Waals surface area contributed by atoms with Gasteiger partial charge in [-0.25, -0.2) is 0 Å². The molecule has 0 saturated heterocycles. The quantitative estimate of drug-likeness (QED) is 0.448. The number of benzene rings is 2. The smallest absolute Gasteiger partial charge is 0.0629 e. The number of nitrogens with one attached hydrogen (secondary N) is 1. The molecule has 3 nitrogen and oxygen atoms in total. The van der Waals surface area contributed by atoms with Crippen molar-refractivity contribution in [1.82, 2.24) is 0 Å². The lowest BCUT2D eigenvalue weighted by molar-refractivity contribution is 0.548. The average Bonchev–Trinajstić information content (AvgIpc) is 3.28. The number of rotatable bonds is 4. The van der Waals surface area contributed by atoms with Crippen molar-refractivity contribution in [2.24, 2.45) is 21.8 Å². The summed E-state index contributed by atoms with van der Waals surface area (Å²) >= 11 is 0. The zero-order valence-corrected chi connectivity index (χ0v) is 21.9. The first-order valence-corrected chi connectivity index (χ1v) is 13.0. The third kappa shape index (κ3) is 6.57. The van der Waals surface area contributed by atoms with E-state index in [9.17, 15) is 0 Å². The molecule has 0 fully saturated rings. The Labute approximate surface area is 213 Å². The van der Waals surface area contributed by atoms with E-state index in [2.05, 4.69) is 78.8 Å². The van der Waals surface area contributed by atoms with E-state index in [-0.39, 0.29) is 7.47 Å². The fourth-order valence-corrected chi connectivity index (χ4v) is 4.27. The van der Waals surface area contributed by atoms with E-state index >= 15 is 0 Å². The molecule has 0 aromatic heterocycles. The van der Waals surface area contributed by atoms with E-state index in [4.69, 9.17) is 4.99 Å². The van der Waals surface area contributed by atoms with Crippen LogP contribution < -0.4 is 5.32 Å². The molecule has 2 aromatic carbocycles. The van der Waals surface area contributed by atoms with Gasteiger partial charge in [0, 0.05) is 25.5 Å². The molecule has 184 valence electrons. The van der Waals surface area contributed by atoms with Gasteiger partial charge >= 0.3 is 0 Å². The Hall–Kier alpha value is -3.46.